The highest BCUT2D eigenvalue weighted by molar-refractivity contribution is 6.11. The van der Waals surface area contributed by atoms with E-state index in [9.17, 15) is 19.5 Å². The lowest BCUT2D eigenvalue weighted by Gasteiger charge is -2.42. The van der Waals surface area contributed by atoms with E-state index in [0.29, 0.717) is 11.3 Å². The molecule has 8 heteroatoms. The molecule has 4 N–H and O–H groups in total. The third-order valence-corrected chi connectivity index (χ3v) is 4.01. The molecule has 3 rings (SSSR count). The summed E-state index contributed by atoms with van der Waals surface area (Å²) in [5, 5.41) is 12.0. The monoisotopic (exact) mass is 340 g/mol. The molecule has 2 aromatic rings. The van der Waals surface area contributed by atoms with Gasteiger partial charge < -0.3 is 16.2 Å². The fourth-order valence-corrected chi connectivity index (χ4v) is 2.84. The quantitative estimate of drug-likeness (QED) is 0.721. The third kappa shape index (κ3) is 3.27. The maximum atomic E-state index is 12.4. The number of nitrogens with zero attached hydrogens (tertiary/aromatic N) is 2. The van der Waals surface area contributed by atoms with E-state index in [2.05, 4.69) is 10.3 Å². The Balaban J connectivity index is 1.74. The summed E-state index contributed by atoms with van der Waals surface area (Å²) in [5.41, 5.74) is 6.77. The van der Waals surface area contributed by atoms with Gasteiger partial charge in [0, 0.05) is 11.9 Å². The number of para-hydroxylation sites is 1. The predicted octanol–water partition coefficient (Wildman–Crippen LogP) is 1.35. The van der Waals surface area contributed by atoms with Gasteiger partial charge in [-0.2, -0.15) is 0 Å². The van der Waals surface area contributed by atoms with E-state index >= 15 is 0 Å². The number of imide groups is 1. The first-order valence-electron chi connectivity index (χ1n) is 7.59. The van der Waals surface area contributed by atoms with Gasteiger partial charge >= 0.3 is 12.0 Å². The van der Waals surface area contributed by atoms with Crippen molar-refractivity contribution in [3.8, 4) is 0 Å². The van der Waals surface area contributed by atoms with Crippen molar-refractivity contribution < 1.29 is 19.5 Å². The molecule has 1 fully saturated rings. The van der Waals surface area contributed by atoms with Crippen LogP contribution in [0, 0.1) is 5.92 Å². The molecule has 0 spiro atoms. The topological polar surface area (TPSA) is 126 Å². The molecule has 1 saturated heterocycles. The molecule has 128 valence electrons. The summed E-state index contributed by atoms with van der Waals surface area (Å²) in [6, 6.07) is 9.79. The minimum Gasteiger partial charge on any atom is -0.480 e. The average Bonchev–Trinajstić information content (AvgIpc) is 2.57. The highest BCUT2D eigenvalue weighted by Crippen LogP contribution is 2.31. The number of urea groups is 1. The van der Waals surface area contributed by atoms with Gasteiger partial charge in [-0.3, -0.25) is 4.79 Å². The zero-order valence-electron chi connectivity index (χ0n) is 13.1. The molecule has 1 aromatic carbocycles. The number of nitrogen functional groups attached to an aromatic ring is 1. The molecule has 3 amide bonds. The summed E-state index contributed by atoms with van der Waals surface area (Å²) in [5.74, 6) is -2.29. The van der Waals surface area contributed by atoms with Crippen LogP contribution in [0.2, 0.25) is 0 Å². The highest BCUT2D eigenvalue weighted by Gasteiger charge is 2.54. The summed E-state index contributed by atoms with van der Waals surface area (Å²) in [7, 11) is 0. The van der Waals surface area contributed by atoms with Crippen molar-refractivity contribution in [2.45, 2.75) is 12.5 Å². The van der Waals surface area contributed by atoms with E-state index in [4.69, 9.17) is 5.73 Å². The van der Waals surface area contributed by atoms with Crippen LogP contribution in [0.4, 0.5) is 16.3 Å². The number of aromatic nitrogens is 1. The Hall–Kier alpha value is -3.42. The van der Waals surface area contributed by atoms with Crippen LogP contribution >= 0.6 is 0 Å². The van der Waals surface area contributed by atoms with Gasteiger partial charge in [-0.05, 0) is 36.2 Å². The molecule has 1 aliphatic rings. The number of carbonyl (C=O) groups excluding carboxylic acids is 2. The van der Waals surface area contributed by atoms with Crippen LogP contribution in [0.25, 0.3) is 0 Å². The van der Waals surface area contributed by atoms with Gasteiger partial charge in [-0.25, -0.2) is 19.5 Å². The summed E-state index contributed by atoms with van der Waals surface area (Å²) >= 11 is 0. The third-order valence-electron chi connectivity index (χ3n) is 4.01. The molecule has 0 saturated carbocycles. The number of β-lactam (4-membered cyclic amide) rings is 1. The normalized spacial score (nSPS) is 19.2. The number of benzene rings is 1. The number of rotatable bonds is 4. The smallest absolute Gasteiger partial charge is 0.329 e. The van der Waals surface area contributed by atoms with Crippen molar-refractivity contribution in [2.75, 3.05) is 11.1 Å². The fraction of sp³-hybridized carbons (Fsp3) is 0.176. The Labute approximate surface area is 143 Å². The molecule has 1 aliphatic heterocycles. The van der Waals surface area contributed by atoms with E-state index in [0.717, 1.165) is 4.90 Å². The van der Waals surface area contributed by atoms with Crippen LogP contribution in [0.5, 0.6) is 0 Å². The molecule has 0 bridgehead atoms. The number of hydrogen-bond acceptors (Lipinski definition) is 5. The van der Waals surface area contributed by atoms with E-state index in [1.807, 2.05) is 0 Å². The SMILES string of the molecule is Nc1cc(CC2C(=O)N(C(=O)Nc3ccccc3)C2C(=O)O)ccn1. The molecule has 1 aromatic heterocycles. The maximum Gasteiger partial charge on any atom is 0.329 e. The number of amides is 3. The van der Waals surface area contributed by atoms with Crippen molar-refractivity contribution >= 4 is 29.4 Å². The standard InChI is InChI=1S/C17H16N4O4/c18-13-9-10(6-7-19-13)8-12-14(16(23)24)21(15(12)22)17(25)20-11-4-2-1-3-5-11/h1-7,9,12,14H,8H2,(H2,18,19)(H,20,25)(H,23,24). The number of aliphatic carboxylic acids is 1. The van der Waals surface area contributed by atoms with Crippen LogP contribution in [0.15, 0.2) is 48.7 Å². The highest BCUT2D eigenvalue weighted by atomic mass is 16.4. The van der Waals surface area contributed by atoms with Crippen LogP contribution < -0.4 is 11.1 Å². The van der Waals surface area contributed by atoms with E-state index < -0.39 is 29.9 Å². The summed E-state index contributed by atoms with van der Waals surface area (Å²) in [4.78, 5) is 40.8. The second-order valence-corrected chi connectivity index (χ2v) is 5.69. The number of carboxylic acid groups (broad SMARTS) is 1. The van der Waals surface area contributed by atoms with E-state index in [1.165, 1.54) is 6.20 Å². The van der Waals surface area contributed by atoms with Crippen molar-refractivity contribution in [3.63, 3.8) is 0 Å². The van der Waals surface area contributed by atoms with Gasteiger partial charge in [0.1, 0.15) is 5.82 Å². The molecule has 0 radical (unpaired) electrons. The Bertz CT molecular complexity index is 824. The first-order chi connectivity index (χ1) is 12.0. The lowest BCUT2D eigenvalue weighted by Crippen LogP contribution is -2.67. The molecule has 0 aliphatic carbocycles. The summed E-state index contributed by atoms with van der Waals surface area (Å²) < 4.78 is 0. The number of nitrogens with two attached hydrogens (primary N) is 1. The van der Waals surface area contributed by atoms with Crippen LogP contribution in [-0.2, 0) is 16.0 Å². The van der Waals surface area contributed by atoms with E-state index in [-0.39, 0.29) is 12.2 Å². The number of likely N-dealkylation sites (tertiary alicyclic amines) is 1. The minimum absolute atomic E-state index is 0.178. The zero-order chi connectivity index (χ0) is 18.0. The van der Waals surface area contributed by atoms with Gasteiger partial charge in [0.2, 0.25) is 5.91 Å². The lowest BCUT2D eigenvalue weighted by atomic mass is 9.82. The fourth-order valence-electron chi connectivity index (χ4n) is 2.84. The second kappa shape index (κ2) is 6.60. The Morgan fingerprint density at radius 1 is 1.24 bits per heavy atom. The number of nitrogens with one attached hydrogen (secondary N) is 1. The average molecular weight is 340 g/mol. The van der Waals surface area contributed by atoms with Crippen molar-refractivity contribution in [1.82, 2.24) is 9.88 Å². The van der Waals surface area contributed by atoms with Gasteiger partial charge in [0.05, 0.1) is 5.92 Å². The molecule has 2 unspecified atom stereocenters. The first-order valence-corrected chi connectivity index (χ1v) is 7.59. The summed E-state index contributed by atoms with van der Waals surface area (Å²) in [6.07, 6.45) is 1.67. The first kappa shape index (κ1) is 16.4. The number of hydrogen-bond donors (Lipinski definition) is 3. The van der Waals surface area contributed by atoms with Crippen molar-refractivity contribution in [1.29, 1.82) is 0 Å². The van der Waals surface area contributed by atoms with Gasteiger partial charge in [0.15, 0.2) is 6.04 Å². The van der Waals surface area contributed by atoms with Crippen LogP contribution in [0.1, 0.15) is 5.56 Å². The molecular weight excluding hydrogens is 324 g/mol. The molecule has 2 heterocycles. The summed E-state index contributed by atoms with van der Waals surface area (Å²) in [6.45, 7) is 0. The van der Waals surface area contributed by atoms with Crippen molar-refractivity contribution in [3.05, 3.63) is 54.2 Å². The van der Waals surface area contributed by atoms with Gasteiger partial charge in [-0.15, -0.1) is 0 Å². The number of anilines is 2. The predicted molar refractivity (Wildman–Crippen MR) is 89.6 cm³/mol. The number of carboxylic acids is 1. The Morgan fingerprint density at radius 3 is 2.60 bits per heavy atom. The van der Waals surface area contributed by atoms with Gasteiger partial charge in [-0.1, -0.05) is 18.2 Å². The van der Waals surface area contributed by atoms with Gasteiger partial charge in [0.25, 0.3) is 0 Å². The lowest BCUT2D eigenvalue weighted by molar-refractivity contribution is -0.165. The maximum absolute atomic E-state index is 12.4. The van der Waals surface area contributed by atoms with Crippen LogP contribution in [-0.4, -0.2) is 38.9 Å². The minimum atomic E-state index is -1.23. The van der Waals surface area contributed by atoms with E-state index in [1.54, 1.807) is 42.5 Å². The molecule has 25 heavy (non-hydrogen) atoms. The largest absolute Gasteiger partial charge is 0.480 e. The molecule has 8 nitrogen and oxygen atoms in total. The zero-order valence-corrected chi connectivity index (χ0v) is 13.1. The molecular formula is C17H16N4O4. The van der Waals surface area contributed by atoms with Crippen molar-refractivity contribution in [2.24, 2.45) is 5.92 Å². The number of pyridine rings is 1. The van der Waals surface area contributed by atoms with Crippen LogP contribution in [0.3, 0.4) is 0 Å². The Kier molecular flexibility index (Phi) is 4.34. The Morgan fingerprint density at radius 2 is 1.96 bits per heavy atom. The molecule has 2 atom stereocenters. The second-order valence-electron chi connectivity index (χ2n) is 5.69. The number of carbonyl (C=O) groups is 3.